The van der Waals surface area contributed by atoms with E-state index in [0.717, 1.165) is 10.0 Å². The van der Waals surface area contributed by atoms with Crippen LogP contribution in [0.25, 0.3) is 0 Å². The molecule has 12 heavy (non-hydrogen) atoms. The first kappa shape index (κ1) is 9.71. The summed E-state index contributed by atoms with van der Waals surface area (Å²) >= 11 is 3.35. The van der Waals surface area contributed by atoms with Gasteiger partial charge in [0.05, 0.1) is 12.1 Å². The van der Waals surface area contributed by atoms with Crippen LogP contribution in [-0.4, -0.2) is 11.7 Å². The van der Waals surface area contributed by atoms with E-state index >= 15 is 0 Å². The smallest absolute Gasteiger partial charge is 0.0650 e. The Morgan fingerprint density at radius 3 is 2.75 bits per heavy atom. The summed E-state index contributed by atoms with van der Waals surface area (Å²) in [6.45, 7) is 1.75. The number of hydrogen-bond donors (Lipinski definition) is 2. The highest BCUT2D eigenvalue weighted by molar-refractivity contribution is 9.10. The minimum Gasteiger partial charge on any atom is -0.394 e. The lowest BCUT2D eigenvalue weighted by Gasteiger charge is -2.22. The molecule has 1 atom stereocenters. The van der Waals surface area contributed by atoms with Crippen molar-refractivity contribution in [3.63, 3.8) is 0 Å². The van der Waals surface area contributed by atoms with Gasteiger partial charge in [-0.25, -0.2) is 0 Å². The van der Waals surface area contributed by atoms with Gasteiger partial charge in [-0.2, -0.15) is 0 Å². The Morgan fingerprint density at radius 2 is 2.25 bits per heavy atom. The van der Waals surface area contributed by atoms with E-state index in [-0.39, 0.29) is 6.61 Å². The molecule has 0 saturated heterocycles. The van der Waals surface area contributed by atoms with Crippen molar-refractivity contribution in [2.75, 3.05) is 6.61 Å². The number of benzene rings is 1. The molecule has 1 aromatic rings. The van der Waals surface area contributed by atoms with Gasteiger partial charge in [0.15, 0.2) is 0 Å². The fourth-order valence-electron chi connectivity index (χ4n) is 0.935. The van der Waals surface area contributed by atoms with Gasteiger partial charge in [-0.1, -0.05) is 28.1 Å². The van der Waals surface area contributed by atoms with Crippen LogP contribution in [0.1, 0.15) is 12.5 Å². The fraction of sp³-hybridized carbons (Fsp3) is 0.333. The Kier molecular flexibility index (Phi) is 2.88. The van der Waals surface area contributed by atoms with Crippen molar-refractivity contribution in [3.8, 4) is 0 Å². The van der Waals surface area contributed by atoms with Crippen LogP contribution < -0.4 is 5.73 Å². The molecule has 0 saturated carbocycles. The van der Waals surface area contributed by atoms with Crippen LogP contribution in [0.3, 0.4) is 0 Å². The number of nitrogens with two attached hydrogens (primary N) is 1. The van der Waals surface area contributed by atoms with E-state index in [2.05, 4.69) is 15.9 Å². The summed E-state index contributed by atoms with van der Waals surface area (Å²) in [5.41, 5.74) is 6.12. The van der Waals surface area contributed by atoms with Crippen LogP contribution in [-0.2, 0) is 5.54 Å². The largest absolute Gasteiger partial charge is 0.394 e. The minimum absolute atomic E-state index is 0.0521. The molecule has 3 heteroatoms. The third-order valence-corrected chi connectivity index (χ3v) is 2.31. The lowest BCUT2D eigenvalue weighted by molar-refractivity contribution is 0.210. The molecule has 0 fully saturated rings. The number of halogens is 1. The first-order valence-corrected chi connectivity index (χ1v) is 4.51. The van der Waals surface area contributed by atoms with Crippen LogP contribution in [0.15, 0.2) is 28.7 Å². The van der Waals surface area contributed by atoms with E-state index in [1.807, 2.05) is 24.3 Å². The van der Waals surface area contributed by atoms with Gasteiger partial charge in [0, 0.05) is 4.47 Å². The third kappa shape index (κ3) is 2.06. The number of rotatable bonds is 2. The van der Waals surface area contributed by atoms with Crippen molar-refractivity contribution in [1.29, 1.82) is 0 Å². The summed E-state index contributed by atoms with van der Waals surface area (Å²) in [6.07, 6.45) is 0. The Bertz CT molecular complexity index is 273. The van der Waals surface area contributed by atoms with Crippen LogP contribution in [0, 0.1) is 0 Å². The van der Waals surface area contributed by atoms with Gasteiger partial charge < -0.3 is 10.8 Å². The predicted molar refractivity (Wildman–Crippen MR) is 52.8 cm³/mol. The second kappa shape index (κ2) is 3.56. The van der Waals surface area contributed by atoms with Gasteiger partial charge in [-0.15, -0.1) is 0 Å². The zero-order valence-electron chi connectivity index (χ0n) is 6.92. The molecular formula is C9H12BrNO. The average Bonchev–Trinajstić information content (AvgIpc) is 2.05. The van der Waals surface area contributed by atoms with Gasteiger partial charge in [-0.3, -0.25) is 0 Å². The second-order valence-electron chi connectivity index (χ2n) is 3.09. The molecule has 0 aromatic heterocycles. The summed E-state index contributed by atoms with van der Waals surface area (Å²) < 4.78 is 0.977. The number of aliphatic hydroxyl groups excluding tert-OH is 1. The van der Waals surface area contributed by atoms with Crippen LogP contribution in [0.2, 0.25) is 0 Å². The topological polar surface area (TPSA) is 46.2 Å². The molecule has 1 rings (SSSR count). The summed E-state index contributed by atoms with van der Waals surface area (Å²) in [6, 6.07) is 7.65. The molecule has 0 amide bonds. The zero-order chi connectivity index (χ0) is 9.19. The molecule has 0 aliphatic heterocycles. The van der Waals surface area contributed by atoms with Crippen molar-refractivity contribution in [3.05, 3.63) is 34.3 Å². The fourth-order valence-corrected chi connectivity index (χ4v) is 1.33. The highest BCUT2D eigenvalue weighted by Crippen LogP contribution is 2.20. The summed E-state index contributed by atoms with van der Waals surface area (Å²) in [5, 5.41) is 9.00. The van der Waals surface area contributed by atoms with E-state index < -0.39 is 5.54 Å². The van der Waals surface area contributed by atoms with E-state index in [1.54, 1.807) is 6.92 Å². The Balaban J connectivity index is 3.03. The standard InChI is InChI=1S/C9H12BrNO/c1-9(11,6-12)7-3-2-4-8(10)5-7/h2-5,12H,6,11H2,1H3/t9-/m1/s1. The SMILES string of the molecule is C[C@@](N)(CO)c1cccc(Br)c1. The maximum absolute atomic E-state index is 9.00. The minimum atomic E-state index is -0.649. The van der Waals surface area contributed by atoms with Crippen molar-refractivity contribution < 1.29 is 5.11 Å². The van der Waals surface area contributed by atoms with Crippen LogP contribution in [0.5, 0.6) is 0 Å². The maximum atomic E-state index is 9.00. The average molecular weight is 230 g/mol. The molecule has 3 N–H and O–H groups in total. The number of aliphatic hydroxyl groups is 1. The van der Waals surface area contributed by atoms with E-state index in [4.69, 9.17) is 10.8 Å². The van der Waals surface area contributed by atoms with Crippen LogP contribution in [0.4, 0.5) is 0 Å². The van der Waals surface area contributed by atoms with Crippen molar-refractivity contribution >= 4 is 15.9 Å². The van der Waals surface area contributed by atoms with E-state index in [0.29, 0.717) is 0 Å². The number of hydrogen-bond acceptors (Lipinski definition) is 2. The zero-order valence-corrected chi connectivity index (χ0v) is 8.51. The van der Waals surface area contributed by atoms with Gasteiger partial charge in [0.2, 0.25) is 0 Å². The monoisotopic (exact) mass is 229 g/mol. The first-order chi connectivity index (χ1) is 5.56. The van der Waals surface area contributed by atoms with Crippen molar-refractivity contribution in [2.24, 2.45) is 5.73 Å². The highest BCUT2D eigenvalue weighted by atomic mass is 79.9. The Labute approximate surface area is 80.5 Å². The molecule has 2 nitrogen and oxygen atoms in total. The predicted octanol–water partition coefficient (Wildman–Crippen LogP) is 1.62. The molecule has 66 valence electrons. The molecule has 0 bridgehead atoms. The molecule has 0 heterocycles. The third-order valence-electron chi connectivity index (χ3n) is 1.81. The normalized spacial score (nSPS) is 15.7. The summed E-state index contributed by atoms with van der Waals surface area (Å²) in [4.78, 5) is 0. The molecule has 1 aromatic carbocycles. The van der Waals surface area contributed by atoms with Crippen LogP contribution >= 0.6 is 15.9 Å². The molecular weight excluding hydrogens is 218 g/mol. The summed E-state index contributed by atoms with van der Waals surface area (Å²) in [7, 11) is 0. The summed E-state index contributed by atoms with van der Waals surface area (Å²) in [5.74, 6) is 0. The highest BCUT2D eigenvalue weighted by Gasteiger charge is 2.19. The maximum Gasteiger partial charge on any atom is 0.0650 e. The van der Waals surface area contributed by atoms with Crippen molar-refractivity contribution in [2.45, 2.75) is 12.5 Å². The molecule has 0 radical (unpaired) electrons. The van der Waals surface area contributed by atoms with Crippen molar-refractivity contribution in [1.82, 2.24) is 0 Å². The second-order valence-corrected chi connectivity index (χ2v) is 4.00. The molecule has 0 unspecified atom stereocenters. The van der Waals surface area contributed by atoms with Gasteiger partial charge >= 0.3 is 0 Å². The van der Waals surface area contributed by atoms with Gasteiger partial charge in [0.1, 0.15) is 0 Å². The van der Waals surface area contributed by atoms with E-state index in [1.165, 1.54) is 0 Å². The van der Waals surface area contributed by atoms with Gasteiger partial charge in [-0.05, 0) is 24.6 Å². The lowest BCUT2D eigenvalue weighted by Crippen LogP contribution is -2.36. The molecule has 0 spiro atoms. The van der Waals surface area contributed by atoms with E-state index in [9.17, 15) is 0 Å². The Morgan fingerprint density at radius 1 is 1.58 bits per heavy atom. The Hall–Kier alpha value is -0.380. The van der Waals surface area contributed by atoms with Gasteiger partial charge in [0.25, 0.3) is 0 Å². The molecule has 0 aliphatic carbocycles. The quantitative estimate of drug-likeness (QED) is 0.810. The lowest BCUT2D eigenvalue weighted by atomic mass is 9.95. The first-order valence-electron chi connectivity index (χ1n) is 3.72. The molecule has 0 aliphatic rings.